The average Bonchev–Trinajstić information content (AvgIpc) is 2.98. The lowest BCUT2D eigenvalue weighted by Gasteiger charge is -2.16. The molecule has 4 nitrogen and oxygen atoms in total. The average molecular weight is 279 g/mol. The highest BCUT2D eigenvalue weighted by atomic mass is 16.5. The van der Waals surface area contributed by atoms with Crippen LogP contribution in [0.5, 0.6) is 11.5 Å². The van der Waals surface area contributed by atoms with Crippen LogP contribution in [0.1, 0.15) is 31.2 Å². The van der Waals surface area contributed by atoms with Gasteiger partial charge >= 0.3 is 0 Å². The molecule has 0 radical (unpaired) electrons. The second-order valence-electron chi connectivity index (χ2n) is 5.18. The summed E-state index contributed by atoms with van der Waals surface area (Å²) in [7, 11) is 3.40. The molecule has 0 bridgehead atoms. The normalized spacial score (nSPS) is 15.5. The summed E-state index contributed by atoms with van der Waals surface area (Å²) in [5.74, 6) is 1.68. The van der Waals surface area contributed by atoms with Crippen LogP contribution >= 0.6 is 0 Å². The number of hydrogen-bond acceptors (Lipinski definition) is 4. The highest BCUT2D eigenvalue weighted by Gasteiger charge is 2.18. The fourth-order valence-corrected chi connectivity index (χ4v) is 2.51. The zero-order chi connectivity index (χ0) is 14.2. The van der Waals surface area contributed by atoms with E-state index in [1.807, 2.05) is 12.1 Å². The highest BCUT2D eigenvalue weighted by molar-refractivity contribution is 5.43. The molecule has 1 aliphatic carbocycles. The minimum absolute atomic E-state index is 0.356. The van der Waals surface area contributed by atoms with Crippen molar-refractivity contribution in [3.8, 4) is 11.5 Å². The van der Waals surface area contributed by atoms with Gasteiger partial charge in [-0.25, -0.2) is 0 Å². The fraction of sp³-hybridized carbons (Fsp3) is 0.625. The van der Waals surface area contributed by atoms with Gasteiger partial charge in [-0.3, -0.25) is 0 Å². The number of rotatable bonds is 8. The topological polar surface area (TPSA) is 39.7 Å². The Morgan fingerprint density at radius 2 is 1.95 bits per heavy atom. The van der Waals surface area contributed by atoms with Crippen LogP contribution in [0.15, 0.2) is 18.2 Å². The lowest BCUT2D eigenvalue weighted by molar-refractivity contribution is 0.198. The van der Waals surface area contributed by atoms with Gasteiger partial charge in [0.2, 0.25) is 0 Å². The third-order valence-corrected chi connectivity index (χ3v) is 3.64. The first-order valence-electron chi connectivity index (χ1n) is 7.36. The van der Waals surface area contributed by atoms with Crippen molar-refractivity contribution in [1.82, 2.24) is 5.32 Å². The van der Waals surface area contributed by atoms with E-state index in [1.54, 1.807) is 14.2 Å². The van der Waals surface area contributed by atoms with E-state index in [0.29, 0.717) is 6.10 Å². The van der Waals surface area contributed by atoms with Gasteiger partial charge in [-0.05, 0) is 43.4 Å². The van der Waals surface area contributed by atoms with E-state index >= 15 is 0 Å². The lowest BCUT2D eigenvalue weighted by atomic mass is 10.2. The number of nitrogens with one attached hydrogen (secondary N) is 1. The summed E-state index contributed by atoms with van der Waals surface area (Å²) in [6, 6.07) is 6.15. The Kier molecular flexibility index (Phi) is 6.15. The van der Waals surface area contributed by atoms with Gasteiger partial charge in [-0.2, -0.15) is 0 Å². The molecule has 1 fully saturated rings. The quantitative estimate of drug-likeness (QED) is 0.743. The van der Waals surface area contributed by atoms with Crippen LogP contribution in [0.25, 0.3) is 0 Å². The van der Waals surface area contributed by atoms with Gasteiger partial charge in [0.05, 0.1) is 19.8 Å². The first-order chi connectivity index (χ1) is 9.83. The van der Waals surface area contributed by atoms with Crippen LogP contribution in [0.4, 0.5) is 0 Å². The van der Waals surface area contributed by atoms with Gasteiger partial charge in [0, 0.05) is 20.2 Å². The Balaban J connectivity index is 1.92. The fourth-order valence-electron chi connectivity index (χ4n) is 2.51. The van der Waals surface area contributed by atoms with E-state index in [-0.39, 0.29) is 0 Å². The van der Waals surface area contributed by atoms with Crippen LogP contribution in [-0.4, -0.2) is 33.5 Å². The molecule has 112 valence electrons. The van der Waals surface area contributed by atoms with Gasteiger partial charge in [0.25, 0.3) is 0 Å². The third-order valence-electron chi connectivity index (χ3n) is 3.64. The van der Waals surface area contributed by atoms with E-state index in [1.165, 1.54) is 18.4 Å². The van der Waals surface area contributed by atoms with Gasteiger partial charge in [-0.15, -0.1) is 0 Å². The predicted octanol–water partition coefficient (Wildman–Crippen LogP) is 2.75. The monoisotopic (exact) mass is 279 g/mol. The lowest BCUT2D eigenvalue weighted by Crippen LogP contribution is -2.18. The minimum atomic E-state index is 0.356. The minimum Gasteiger partial charge on any atom is -0.493 e. The van der Waals surface area contributed by atoms with E-state index in [4.69, 9.17) is 14.2 Å². The van der Waals surface area contributed by atoms with Crippen LogP contribution in [0.2, 0.25) is 0 Å². The molecule has 20 heavy (non-hydrogen) atoms. The molecule has 0 aromatic heterocycles. The van der Waals surface area contributed by atoms with Crippen molar-refractivity contribution in [3.05, 3.63) is 23.8 Å². The number of hydrogen-bond donors (Lipinski definition) is 1. The van der Waals surface area contributed by atoms with Crippen molar-refractivity contribution >= 4 is 0 Å². The van der Waals surface area contributed by atoms with Gasteiger partial charge in [0.1, 0.15) is 0 Å². The van der Waals surface area contributed by atoms with E-state index < -0.39 is 0 Å². The van der Waals surface area contributed by atoms with E-state index in [0.717, 1.165) is 44.0 Å². The highest BCUT2D eigenvalue weighted by Crippen LogP contribution is 2.32. The summed E-state index contributed by atoms with van der Waals surface area (Å²) in [4.78, 5) is 0. The summed E-state index contributed by atoms with van der Waals surface area (Å²) in [5.41, 5.74) is 1.19. The molecule has 0 heterocycles. The van der Waals surface area contributed by atoms with Crippen LogP contribution in [0.3, 0.4) is 0 Å². The molecule has 4 heteroatoms. The number of methoxy groups -OCH3 is 2. The second kappa shape index (κ2) is 8.12. The van der Waals surface area contributed by atoms with Crippen molar-refractivity contribution in [3.63, 3.8) is 0 Å². The van der Waals surface area contributed by atoms with Gasteiger partial charge in [0.15, 0.2) is 11.5 Å². The van der Waals surface area contributed by atoms with Crippen LogP contribution < -0.4 is 14.8 Å². The maximum absolute atomic E-state index is 6.03. The Hall–Kier alpha value is -1.26. The Labute approximate surface area is 121 Å². The molecule has 1 aromatic carbocycles. The molecular formula is C16H25NO3. The summed E-state index contributed by atoms with van der Waals surface area (Å²) in [6.07, 6.45) is 5.21. The maximum atomic E-state index is 6.03. The van der Waals surface area contributed by atoms with Gasteiger partial charge in [-0.1, -0.05) is 6.07 Å². The molecule has 1 saturated carbocycles. The predicted molar refractivity (Wildman–Crippen MR) is 79.5 cm³/mol. The molecule has 0 amide bonds. The van der Waals surface area contributed by atoms with Crippen molar-refractivity contribution < 1.29 is 14.2 Å². The summed E-state index contributed by atoms with van der Waals surface area (Å²) in [6.45, 7) is 2.38. The largest absolute Gasteiger partial charge is 0.493 e. The van der Waals surface area contributed by atoms with E-state index in [2.05, 4.69) is 11.4 Å². The first kappa shape index (κ1) is 15.1. The zero-order valence-corrected chi connectivity index (χ0v) is 12.5. The molecular weight excluding hydrogens is 254 g/mol. The molecule has 1 aromatic rings. The second-order valence-corrected chi connectivity index (χ2v) is 5.18. The van der Waals surface area contributed by atoms with Crippen LogP contribution in [-0.2, 0) is 11.3 Å². The molecule has 1 N–H and O–H groups in total. The molecule has 0 unspecified atom stereocenters. The van der Waals surface area contributed by atoms with Crippen molar-refractivity contribution in [2.75, 3.05) is 27.4 Å². The summed E-state index contributed by atoms with van der Waals surface area (Å²) < 4.78 is 16.5. The van der Waals surface area contributed by atoms with E-state index in [9.17, 15) is 0 Å². The molecule has 0 aliphatic heterocycles. The molecule has 2 rings (SSSR count). The number of benzene rings is 1. The molecule has 0 saturated heterocycles. The molecule has 1 aliphatic rings. The molecule has 0 atom stereocenters. The summed E-state index contributed by atoms with van der Waals surface area (Å²) >= 11 is 0. The van der Waals surface area contributed by atoms with Crippen molar-refractivity contribution in [2.45, 2.75) is 38.3 Å². The van der Waals surface area contributed by atoms with Crippen molar-refractivity contribution in [2.24, 2.45) is 0 Å². The zero-order valence-electron chi connectivity index (χ0n) is 12.5. The third kappa shape index (κ3) is 4.39. The number of ether oxygens (including phenoxy) is 3. The smallest absolute Gasteiger partial charge is 0.161 e. The van der Waals surface area contributed by atoms with Crippen LogP contribution in [0, 0.1) is 0 Å². The SMILES string of the molecule is COCCNCc1ccc(OC2CCCC2)c(OC)c1. The Morgan fingerprint density at radius 3 is 2.65 bits per heavy atom. The van der Waals surface area contributed by atoms with Crippen molar-refractivity contribution in [1.29, 1.82) is 0 Å². The standard InChI is InChI=1S/C16H25NO3/c1-18-10-9-17-12-13-7-8-15(16(11-13)19-2)20-14-5-3-4-6-14/h7-8,11,14,17H,3-6,9-10,12H2,1-2H3. The molecule has 0 spiro atoms. The van der Waals surface area contributed by atoms with Gasteiger partial charge < -0.3 is 19.5 Å². The first-order valence-corrected chi connectivity index (χ1v) is 7.36. The summed E-state index contributed by atoms with van der Waals surface area (Å²) in [5, 5.41) is 3.33. The Morgan fingerprint density at radius 1 is 1.15 bits per heavy atom. The maximum Gasteiger partial charge on any atom is 0.161 e. The Bertz CT molecular complexity index is 403.